The van der Waals surface area contributed by atoms with Crippen LogP contribution in [0.1, 0.15) is 38.7 Å². The summed E-state index contributed by atoms with van der Waals surface area (Å²) in [5.41, 5.74) is 16.5. The normalized spacial score (nSPS) is 14.0. The van der Waals surface area contributed by atoms with E-state index >= 15 is 0 Å². The first-order chi connectivity index (χ1) is 17.0. The summed E-state index contributed by atoms with van der Waals surface area (Å²) in [5, 5.41) is 26.7. The van der Waals surface area contributed by atoms with E-state index < -0.39 is 41.8 Å². The molecule has 11 N–H and O–H groups in total. The van der Waals surface area contributed by atoms with Gasteiger partial charge in [-0.05, 0) is 36.5 Å². The van der Waals surface area contributed by atoms with Gasteiger partial charge in [-0.3, -0.25) is 19.4 Å². The number of carbonyl (C=O) groups is 4. The number of carboxylic acids is 1. The molecule has 0 saturated carbocycles. The Balaban J connectivity index is 2.99. The number of carbonyl (C=O) groups excluding carboxylic acids is 3. The minimum absolute atomic E-state index is 0.0253. The minimum Gasteiger partial charge on any atom is -0.508 e. The van der Waals surface area contributed by atoms with Crippen LogP contribution >= 0.6 is 0 Å². The van der Waals surface area contributed by atoms with Gasteiger partial charge in [0, 0.05) is 13.0 Å². The van der Waals surface area contributed by atoms with Gasteiger partial charge in [-0.2, -0.15) is 0 Å². The molecule has 4 unspecified atom stereocenters. The van der Waals surface area contributed by atoms with Gasteiger partial charge < -0.3 is 43.4 Å². The van der Waals surface area contributed by atoms with Crippen molar-refractivity contribution in [1.82, 2.24) is 16.0 Å². The molecule has 13 heteroatoms. The Labute approximate surface area is 209 Å². The molecule has 1 aromatic carbocycles. The number of phenolic OH excluding ortho intramolecular Hbond substituents is 1. The van der Waals surface area contributed by atoms with Crippen molar-refractivity contribution in [3.63, 3.8) is 0 Å². The first-order valence-electron chi connectivity index (χ1n) is 11.6. The molecular weight excluding hydrogens is 470 g/mol. The first kappa shape index (κ1) is 30.2. The van der Waals surface area contributed by atoms with Crippen molar-refractivity contribution in [1.29, 1.82) is 0 Å². The summed E-state index contributed by atoms with van der Waals surface area (Å²) in [6.07, 6.45) is 1.04. The van der Waals surface area contributed by atoms with Crippen LogP contribution in [0.5, 0.6) is 5.75 Å². The molecule has 0 aliphatic rings. The second-order valence-corrected chi connectivity index (χ2v) is 8.41. The molecule has 200 valence electrons. The zero-order chi connectivity index (χ0) is 27.3. The van der Waals surface area contributed by atoms with E-state index in [1.807, 2.05) is 6.92 Å². The molecule has 3 amide bonds. The molecule has 4 atom stereocenters. The number of nitrogens with two attached hydrogens (primary N) is 3. The van der Waals surface area contributed by atoms with Gasteiger partial charge in [-0.1, -0.05) is 32.4 Å². The summed E-state index contributed by atoms with van der Waals surface area (Å²) in [6.45, 7) is 3.47. The number of hydrogen-bond acceptors (Lipinski definition) is 7. The standard InChI is InChI=1S/C23H37N7O6/c1-3-13(2)19(21(34)29-17(22(35)36)11-14-6-8-15(31)9-7-14)30-20(33)16(28-18(32)12-24)5-4-10-27-23(25)26/h6-9,13,16-17,19,31H,3-5,10-12,24H2,1-2H3,(H,28,32)(H,29,34)(H,30,33)(H,35,36)(H4,25,26,27). The Morgan fingerprint density at radius 2 is 1.64 bits per heavy atom. The smallest absolute Gasteiger partial charge is 0.326 e. The van der Waals surface area contributed by atoms with Crippen LogP contribution in [0.2, 0.25) is 0 Å². The number of hydrogen-bond donors (Lipinski definition) is 8. The van der Waals surface area contributed by atoms with Crippen LogP contribution in [0.15, 0.2) is 29.3 Å². The highest BCUT2D eigenvalue weighted by Gasteiger charge is 2.32. The van der Waals surface area contributed by atoms with Crippen molar-refractivity contribution < 1.29 is 29.4 Å². The van der Waals surface area contributed by atoms with Gasteiger partial charge in [0.25, 0.3) is 0 Å². The minimum atomic E-state index is -1.27. The Hall–Kier alpha value is -3.87. The number of rotatable bonds is 15. The lowest BCUT2D eigenvalue weighted by Gasteiger charge is -2.27. The largest absolute Gasteiger partial charge is 0.508 e. The van der Waals surface area contributed by atoms with Crippen LogP contribution in [0.3, 0.4) is 0 Å². The second kappa shape index (κ2) is 15.2. The molecular formula is C23H37N7O6. The van der Waals surface area contributed by atoms with Gasteiger partial charge in [-0.25, -0.2) is 4.79 Å². The van der Waals surface area contributed by atoms with Gasteiger partial charge in [0.2, 0.25) is 17.7 Å². The van der Waals surface area contributed by atoms with Gasteiger partial charge in [0.15, 0.2) is 5.96 Å². The maximum atomic E-state index is 13.1. The van der Waals surface area contributed by atoms with Crippen molar-refractivity contribution in [3.8, 4) is 5.75 Å². The molecule has 0 spiro atoms. The van der Waals surface area contributed by atoms with E-state index in [4.69, 9.17) is 17.2 Å². The lowest BCUT2D eigenvalue weighted by Crippen LogP contribution is -2.58. The van der Waals surface area contributed by atoms with Crippen molar-refractivity contribution >= 4 is 29.7 Å². The quantitative estimate of drug-likeness (QED) is 0.0784. The Bertz CT molecular complexity index is 918. The van der Waals surface area contributed by atoms with Crippen LogP contribution in [0.25, 0.3) is 0 Å². The summed E-state index contributed by atoms with van der Waals surface area (Å²) in [5.74, 6) is -3.51. The van der Waals surface area contributed by atoms with Crippen molar-refractivity contribution in [3.05, 3.63) is 29.8 Å². The summed E-state index contributed by atoms with van der Waals surface area (Å²) in [6, 6.07) is 2.62. The van der Waals surface area contributed by atoms with E-state index in [-0.39, 0.29) is 43.6 Å². The Morgan fingerprint density at radius 3 is 2.17 bits per heavy atom. The van der Waals surface area contributed by atoms with Gasteiger partial charge in [0.1, 0.15) is 23.9 Å². The highest BCUT2D eigenvalue weighted by molar-refractivity contribution is 5.93. The molecule has 0 aliphatic carbocycles. The molecule has 0 bridgehead atoms. The number of aliphatic imine (C=N–C) groups is 1. The van der Waals surface area contributed by atoms with Gasteiger partial charge >= 0.3 is 5.97 Å². The predicted molar refractivity (Wildman–Crippen MR) is 134 cm³/mol. The van der Waals surface area contributed by atoms with E-state index in [1.54, 1.807) is 19.1 Å². The lowest BCUT2D eigenvalue weighted by molar-refractivity contribution is -0.142. The fraction of sp³-hybridized carbons (Fsp3) is 0.522. The Morgan fingerprint density at radius 1 is 1.00 bits per heavy atom. The fourth-order valence-corrected chi connectivity index (χ4v) is 3.31. The van der Waals surface area contributed by atoms with Crippen LogP contribution < -0.4 is 33.2 Å². The Kier molecular flexibility index (Phi) is 12.7. The van der Waals surface area contributed by atoms with Crippen molar-refractivity contribution in [2.24, 2.45) is 28.1 Å². The van der Waals surface area contributed by atoms with Crippen LogP contribution in [0.4, 0.5) is 0 Å². The number of carboxylic acid groups (broad SMARTS) is 1. The molecule has 1 rings (SSSR count). The van der Waals surface area contributed by atoms with E-state index in [2.05, 4.69) is 20.9 Å². The van der Waals surface area contributed by atoms with Gasteiger partial charge in [-0.15, -0.1) is 0 Å². The summed E-state index contributed by atoms with van der Waals surface area (Å²) in [4.78, 5) is 53.6. The van der Waals surface area contributed by atoms with E-state index in [0.29, 0.717) is 18.4 Å². The van der Waals surface area contributed by atoms with Crippen molar-refractivity contribution in [2.45, 2.75) is 57.7 Å². The molecule has 0 heterocycles. The second-order valence-electron chi connectivity index (χ2n) is 8.41. The van der Waals surface area contributed by atoms with Gasteiger partial charge in [0.05, 0.1) is 6.54 Å². The first-order valence-corrected chi connectivity index (χ1v) is 11.6. The highest BCUT2D eigenvalue weighted by atomic mass is 16.4. The van der Waals surface area contributed by atoms with Crippen LogP contribution in [-0.2, 0) is 25.6 Å². The zero-order valence-corrected chi connectivity index (χ0v) is 20.6. The van der Waals surface area contributed by atoms with Crippen LogP contribution in [-0.4, -0.2) is 71.1 Å². The number of nitrogens with zero attached hydrogens (tertiary/aromatic N) is 1. The fourth-order valence-electron chi connectivity index (χ4n) is 3.31. The average molecular weight is 508 g/mol. The average Bonchev–Trinajstić information content (AvgIpc) is 2.83. The molecule has 0 fully saturated rings. The van der Waals surface area contributed by atoms with E-state index in [9.17, 15) is 29.4 Å². The molecule has 0 saturated heterocycles. The van der Waals surface area contributed by atoms with E-state index in [1.165, 1.54) is 12.1 Å². The van der Waals surface area contributed by atoms with E-state index in [0.717, 1.165) is 0 Å². The molecule has 1 aromatic rings. The summed E-state index contributed by atoms with van der Waals surface area (Å²) < 4.78 is 0. The molecule has 0 aliphatic heterocycles. The molecule has 0 radical (unpaired) electrons. The summed E-state index contributed by atoms with van der Waals surface area (Å²) >= 11 is 0. The number of nitrogens with one attached hydrogen (secondary N) is 3. The topological polar surface area (TPSA) is 235 Å². The third-order valence-corrected chi connectivity index (χ3v) is 5.57. The van der Waals surface area contributed by atoms with Crippen molar-refractivity contribution in [2.75, 3.05) is 13.1 Å². The maximum absolute atomic E-state index is 13.1. The van der Waals surface area contributed by atoms with Crippen LogP contribution in [0, 0.1) is 5.92 Å². The number of benzene rings is 1. The number of aliphatic carboxylic acids is 1. The molecule has 13 nitrogen and oxygen atoms in total. The highest BCUT2D eigenvalue weighted by Crippen LogP contribution is 2.13. The molecule has 36 heavy (non-hydrogen) atoms. The molecule has 0 aromatic heterocycles. The SMILES string of the molecule is CCC(C)C(NC(=O)C(CCCN=C(N)N)NC(=O)CN)C(=O)NC(Cc1ccc(O)cc1)C(=O)O. The number of phenols is 1. The number of aromatic hydroxyl groups is 1. The maximum Gasteiger partial charge on any atom is 0.326 e. The monoisotopic (exact) mass is 507 g/mol. The third kappa shape index (κ3) is 10.6. The number of guanidine groups is 1. The number of amides is 3. The predicted octanol–water partition coefficient (Wildman–Crippen LogP) is -1.47. The summed E-state index contributed by atoms with van der Waals surface area (Å²) in [7, 11) is 0. The zero-order valence-electron chi connectivity index (χ0n) is 20.6. The lowest BCUT2D eigenvalue weighted by atomic mass is 9.96. The third-order valence-electron chi connectivity index (χ3n) is 5.57.